The van der Waals surface area contributed by atoms with Crippen molar-refractivity contribution in [3.8, 4) is 0 Å². The van der Waals surface area contributed by atoms with Gasteiger partial charge >= 0.3 is 0 Å². The summed E-state index contributed by atoms with van der Waals surface area (Å²) in [4.78, 5) is 0. The molecule has 0 saturated heterocycles. The maximum absolute atomic E-state index is 8.27. The van der Waals surface area contributed by atoms with Crippen LogP contribution in [0.3, 0.4) is 0 Å². The molecule has 0 atom stereocenters. The van der Waals surface area contributed by atoms with Crippen LogP contribution in [0.1, 0.15) is 11.1 Å². The van der Waals surface area contributed by atoms with Gasteiger partial charge in [-0.1, -0.05) is 73.3 Å². The molecule has 0 bridgehead atoms. The van der Waals surface area contributed by atoms with Gasteiger partial charge in [-0.05, 0) is 11.1 Å². The van der Waals surface area contributed by atoms with E-state index in [1.807, 2.05) is 66.7 Å². The van der Waals surface area contributed by atoms with Gasteiger partial charge in [0.2, 0.25) is 0 Å². The van der Waals surface area contributed by atoms with Crippen molar-refractivity contribution in [3.63, 3.8) is 0 Å². The smallest absolute Gasteiger partial charge is 0.0458 e. The van der Waals surface area contributed by atoms with Crippen molar-refractivity contribution in [2.24, 2.45) is 0 Å². The Hall–Kier alpha value is -1.90. The second kappa shape index (κ2) is 8.28. The fraction of sp³-hybridized carbons (Fsp3) is 0.0667. The Labute approximate surface area is 102 Å². The molecule has 0 saturated carbocycles. The van der Waals surface area contributed by atoms with Crippen LogP contribution in [0.25, 0.3) is 6.08 Å². The lowest BCUT2D eigenvalue weighted by atomic mass is 10.2. The van der Waals surface area contributed by atoms with Gasteiger partial charge in [0, 0.05) is 6.54 Å². The normalized spacial score (nSPS) is 9.00. The molecular formula is C15H17NO. The molecule has 0 aliphatic rings. The lowest BCUT2D eigenvalue weighted by molar-refractivity contribution is 0.161. The molecule has 88 valence electrons. The molecule has 2 rings (SSSR count). The zero-order valence-corrected chi connectivity index (χ0v) is 9.71. The lowest BCUT2D eigenvalue weighted by Gasteiger charge is -1.94. The van der Waals surface area contributed by atoms with Crippen molar-refractivity contribution in [1.82, 2.24) is 5.48 Å². The summed E-state index contributed by atoms with van der Waals surface area (Å²) in [5.41, 5.74) is 4.34. The fourth-order valence-electron chi connectivity index (χ4n) is 1.28. The first-order valence-electron chi connectivity index (χ1n) is 5.45. The SMILES string of the molecule is C=Cc1ccccc1.ONCc1ccccc1. The van der Waals surface area contributed by atoms with Gasteiger partial charge < -0.3 is 5.21 Å². The van der Waals surface area contributed by atoms with Gasteiger partial charge in [-0.15, -0.1) is 0 Å². The minimum absolute atomic E-state index is 0.515. The third-order valence-corrected chi connectivity index (χ3v) is 2.16. The predicted octanol–water partition coefficient (Wildman–Crippen LogP) is 3.50. The Morgan fingerprint density at radius 3 is 1.88 bits per heavy atom. The summed E-state index contributed by atoms with van der Waals surface area (Å²) >= 11 is 0. The second-order valence-electron chi connectivity index (χ2n) is 3.44. The van der Waals surface area contributed by atoms with E-state index in [1.165, 1.54) is 5.56 Å². The molecule has 0 aromatic heterocycles. The second-order valence-corrected chi connectivity index (χ2v) is 3.44. The van der Waals surface area contributed by atoms with Gasteiger partial charge in [0.25, 0.3) is 0 Å². The van der Waals surface area contributed by atoms with E-state index in [9.17, 15) is 0 Å². The van der Waals surface area contributed by atoms with E-state index in [1.54, 1.807) is 0 Å². The average molecular weight is 227 g/mol. The van der Waals surface area contributed by atoms with Crippen LogP contribution in [0.2, 0.25) is 0 Å². The van der Waals surface area contributed by atoms with Crippen molar-refractivity contribution >= 4 is 6.08 Å². The van der Waals surface area contributed by atoms with Crippen molar-refractivity contribution in [3.05, 3.63) is 78.4 Å². The van der Waals surface area contributed by atoms with E-state index in [0.717, 1.165) is 5.56 Å². The molecule has 0 amide bonds. The zero-order valence-electron chi connectivity index (χ0n) is 9.71. The molecule has 2 aromatic carbocycles. The lowest BCUT2D eigenvalue weighted by Crippen LogP contribution is -2.05. The number of hydrogen-bond acceptors (Lipinski definition) is 2. The Kier molecular flexibility index (Phi) is 6.41. The molecule has 0 heterocycles. The summed E-state index contributed by atoms with van der Waals surface area (Å²) in [6.07, 6.45) is 1.83. The topological polar surface area (TPSA) is 32.3 Å². The van der Waals surface area contributed by atoms with E-state index in [-0.39, 0.29) is 0 Å². The highest BCUT2D eigenvalue weighted by Gasteiger charge is 1.84. The molecule has 2 aromatic rings. The highest BCUT2D eigenvalue weighted by atomic mass is 16.5. The van der Waals surface area contributed by atoms with Crippen LogP contribution in [0.4, 0.5) is 0 Å². The van der Waals surface area contributed by atoms with Gasteiger partial charge in [0.05, 0.1) is 0 Å². The molecule has 0 spiro atoms. The average Bonchev–Trinajstić information content (AvgIpc) is 2.42. The Bertz CT molecular complexity index is 411. The van der Waals surface area contributed by atoms with Crippen molar-refractivity contribution in [1.29, 1.82) is 0 Å². The van der Waals surface area contributed by atoms with Crippen LogP contribution < -0.4 is 5.48 Å². The predicted molar refractivity (Wildman–Crippen MR) is 71.6 cm³/mol. The summed E-state index contributed by atoms with van der Waals surface area (Å²) in [5, 5.41) is 8.27. The Morgan fingerprint density at radius 2 is 1.47 bits per heavy atom. The molecule has 0 aliphatic heterocycles. The minimum atomic E-state index is 0.515. The van der Waals surface area contributed by atoms with Gasteiger partial charge in [0.1, 0.15) is 0 Å². The number of hydroxylamine groups is 1. The molecule has 2 nitrogen and oxygen atoms in total. The molecule has 0 aliphatic carbocycles. The quantitative estimate of drug-likeness (QED) is 0.787. The summed E-state index contributed by atoms with van der Waals surface area (Å²) in [5.74, 6) is 0. The van der Waals surface area contributed by atoms with Crippen LogP contribution >= 0.6 is 0 Å². The number of hydrogen-bond donors (Lipinski definition) is 2. The van der Waals surface area contributed by atoms with E-state index < -0.39 is 0 Å². The molecule has 0 unspecified atom stereocenters. The highest BCUT2D eigenvalue weighted by molar-refractivity contribution is 5.45. The van der Waals surface area contributed by atoms with Crippen molar-refractivity contribution < 1.29 is 5.21 Å². The van der Waals surface area contributed by atoms with E-state index >= 15 is 0 Å². The van der Waals surface area contributed by atoms with E-state index in [4.69, 9.17) is 5.21 Å². The first-order chi connectivity index (χ1) is 8.36. The van der Waals surface area contributed by atoms with Crippen molar-refractivity contribution in [2.45, 2.75) is 6.54 Å². The van der Waals surface area contributed by atoms with Gasteiger partial charge in [-0.2, -0.15) is 0 Å². The minimum Gasteiger partial charge on any atom is -0.316 e. The first kappa shape index (κ1) is 13.2. The fourth-order valence-corrected chi connectivity index (χ4v) is 1.28. The molecule has 17 heavy (non-hydrogen) atoms. The molecular weight excluding hydrogens is 210 g/mol. The summed E-state index contributed by atoms with van der Waals surface area (Å²) in [6.45, 7) is 4.15. The third-order valence-electron chi connectivity index (χ3n) is 2.16. The monoisotopic (exact) mass is 227 g/mol. The number of nitrogens with one attached hydrogen (secondary N) is 1. The summed E-state index contributed by atoms with van der Waals surface area (Å²) in [6, 6.07) is 19.7. The van der Waals surface area contributed by atoms with Crippen LogP contribution in [0, 0.1) is 0 Å². The molecule has 2 N–H and O–H groups in total. The summed E-state index contributed by atoms with van der Waals surface area (Å²) < 4.78 is 0. The van der Waals surface area contributed by atoms with E-state index in [2.05, 4.69) is 12.1 Å². The maximum Gasteiger partial charge on any atom is 0.0458 e. The summed E-state index contributed by atoms with van der Waals surface area (Å²) in [7, 11) is 0. The van der Waals surface area contributed by atoms with Crippen LogP contribution in [-0.2, 0) is 6.54 Å². The van der Waals surface area contributed by atoms with Gasteiger partial charge in [0.15, 0.2) is 0 Å². The third kappa shape index (κ3) is 5.66. The Morgan fingerprint density at radius 1 is 0.941 bits per heavy atom. The number of rotatable bonds is 3. The van der Waals surface area contributed by atoms with Crippen LogP contribution in [0.15, 0.2) is 67.2 Å². The largest absolute Gasteiger partial charge is 0.316 e. The Balaban J connectivity index is 0.000000171. The van der Waals surface area contributed by atoms with E-state index in [0.29, 0.717) is 6.54 Å². The molecule has 0 radical (unpaired) electrons. The molecule has 0 fully saturated rings. The number of benzene rings is 2. The van der Waals surface area contributed by atoms with Crippen molar-refractivity contribution in [2.75, 3.05) is 0 Å². The van der Waals surface area contributed by atoms with Gasteiger partial charge in [-0.3, -0.25) is 0 Å². The maximum atomic E-state index is 8.27. The van der Waals surface area contributed by atoms with Crippen LogP contribution in [-0.4, -0.2) is 5.21 Å². The standard InChI is InChI=1S/C8H8.C7H9NO/c1-2-8-6-4-3-5-7-8;9-8-6-7-4-2-1-3-5-7/h2-7H,1H2;1-5,8-9H,6H2. The highest BCUT2D eigenvalue weighted by Crippen LogP contribution is 1.97. The van der Waals surface area contributed by atoms with Gasteiger partial charge in [-0.25, -0.2) is 5.48 Å². The molecule has 2 heteroatoms. The zero-order chi connectivity index (χ0) is 12.3. The first-order valence-corrected chi connectivity index (χ1v) is 5.45. The van der Waals surface area contributed by atoms with Crippen LogP contribution in [0.5, 0.6) is 0 Å².